The Hall–Kier alpha value is -1.03. The van der Waals surface area contributed by atoms with Crippen molar-refractivity contribution in [3.05, 3.63) is 21.6 Å². The zero-order valence-electron chi connectivity index (χ0n) is 12.7. The predicted molar refractivity (Wildman–Crippen MR) is 83.6 cm³/mol. The fourth-order valence-electron chi connectivity index (χ4n) is 2.68. The van der Waals surface area contributed by atoms with Crippen LogP contribution in [0, 0.1) is 5.41 Å². The molecule has 0 amide bonds. The molecule has 1 aliphatic carbocycles. The Morgan fingerprint density at radius 3 is 2.55 bits per heavy atom. The molecule has 112 valence electrons. The molecule has 1 heterocycles. The normalized spacial score (nSPS) is 19.3. The number of hydrogen-bond acceptors (Lipinski definition) is 3. The van der Waals surface area contributed by atoms with Gasteiger partial charge in [-0.15, -0.1) is 0 Å². The molecule has 5 heteroatoms. The lowest BCUT2D eigenvalue weighted by Crippen LogP contribution is -2.31. The Bertz CT molecular complexity index is 526. The third kappa shape index (κ3) is 3.35. The molecule has 0 bridgehead atoms. The molecular formula is C15H24ClN3O. The molecule has 0 aromatic carbocycles. The van der Waals surface area contributed by atoms with E-state index in [1.54, 1.807) is 6.20 Å². The average molecular weight is 298 g/mol. The smallest absolute Gasteiger partial charge is 0.287 e. The van der Waals surface area contributed by atoms with Gasteiger partial charge in [-0.3, -0.25) is 4.79 Å². The number of nitrogens with one attached hydrogen (secondary N) is 1. The minimum Gasteiger partial charge on any atom is -0.380 e. The van der Waals surface area contributed by atoms with Crippen LogP contribution in [0.25, 0.3) is 0 Å². The van der Waals surface area contributed by atoms with Crippen LogP contribution in [0.3, 0.4) is 0 Å². The highest BCUT2D eigenvalue weighted by atomic mass is 35.5. The molecule has 1 aliphatic rings. The van der Waals surface area contributed by atoms with E-state index >= 15 is 0 Å². The van der Waals surface area contributed by atoms with Crippen molar-refractivity contribution >= 4 is 17.3 Å². The van der Waals surface area contributed by atoms with E-state index in [0.29, 0.717) is 17.1 Å². The van der Waals surface area contributed by atoms with E-state index in [2.05, 4.69) is 24.3 Å². The van der Waals surface area contributed by atoms with Gasteiger partial charge < -0.3 is 5.32 Å². The number of nitrogens with zero attached hydrogens (tertiary/aromatic N) is 2. The molecule has 1 aromatic heterocycles. The van der Waals surface area contributed by atoms with E-state index in [0.717, 1.165) is 12.8 Å². The first-order valence-electron chi connectivity index (χ1n) is 7.34. The first-order chi connectivity index (χ1) is 9.30. The van der Waals surface area contributed by atoms with Gasteiger partial charge in [-0.25, -0.2) is 4.68 Å². The number of aromatic nitrogens is 2. The van der Waals surface area contributed by atoms with Gasteiger partial charge in [0.15, 0.2) is 0 Å². The average Bonchev–Trinajstić information content (AvgIpc) is 2.37. The van der Waals surface area contributed by atoms with Crippen molar-refractivity contribution in [2.75, 3.05) is 5.32 Å². The second-order valence-electron chi connectivity index (χ2n) is 6.80. The molecule has 0 spiro atoms. The lowest BCUT2D eigenvalue weighted by Gasteiger charge is -2.35. The van der Waals surface area contributed by atoms with Crippen molar-refractivity contribution in [2.24, 2.45) is 5.41 Å². The maximum absolute atomic E-state index is 12.1. The molecule has 1 saturated carbocycles. The number of hydrogen-bond donors (Lipinski definition) is 1. The van der Waals surface area contributed by atoms with Gasteiger partial charge in [-0.1, -0.05) is 25.4 Å². The summed E-state index contributed by atoms with van der Waals surface area (Å²) in [6, 6.07) is 0.404. The lowest BCUT2D eigenvalue weighted by atomic mass is 9.75. The van der Waals surface area contributed by atoms with E-state index in [1.807, 2.05) is 13.8 Å². The molecule has 0 saturated heterocycles. The summed E-state index contributed by atoms with van der Waals surface area (Å²) in [6.45, 7) is 8.45. The maximum Gasteiger partial charge on any atom is 0.287 e. The standard InChI is InChI=1S/C15H24ClN3O/c1-10(2)19-14(20)13(16)12(9-17-19)18-11-5-7-15(3,4)8-6-11/h9-11,18H,5-8H2,1-4H3. The fourth-order valence-corrected chi connectivity index (χ4v) is 2.87. The van der Waals surface area contributed by atoms with Gasteiger partial charge in [-0.2, -0.15) is 5.10 Å². The Morgan fingerprint density at radius 1 is 1.40 bits per heavy atom. The van der Waals surface area contributed by atoms with E-state index < -0.39 is 0 Å². The summed E-state index contributed by atoms with van der Waals surface area (Å²) in [5.41, 5.74) is 0.877. The monoisotopic (exact) mass is 297 g/mol. The Balaban J connectivity index is 2.11. The summed E-state index contributed by atoms with van der Waals surface area (Å²) >= 11 is 6.18. The van der Waals surface area contributed by atoms with Crippen LogP contribution in [0.15, 0.2) is 11.0 Å². The van der Waals surface area contributed by atoms with Gasteiger partial charge in [0, 0.05) is 6.04 Å². The SMILES string of the molecule is CC(C)n1ncc(NC2CCC(C)(C)CC2)c(Cl)c1=O. The molecule has 4 nitrogen and oxygen atoms in total. The zero-order chi connectivity index (χ0) is 14.9. The second-order valence-corrected chi connectivity index (χ2v) is 7.18. The van der Waals surface area contributed by atoms with E-state index in [4.69, 9.17) is 11.6 Å². The Labute approximate surface area is 125 Å². The van der Waals surface area contributed by atoms with Gasteiger partial charge >= 0.3 is 0 Å². The van der Waals surface area contributed by atoms with Crippen molar-refractivity contribution in [3.8, 4) is 0 Å². The first kappa shape index (κ1) is 15.4. The van der Waals surface area contributed by atoms with Crippen molar-refractivity contribution in [3.63, 3.8) is 0 Å². The largest absolute Gasteiger partial charge is 0.380 e. The maximum atomic E-state index is 12.1. The van der Waals surface area contributed by atoms with Gasteiger partial charge in [0.05, 0.1) is 17.9 Å². The fraction of sp³-hybridized carbons (Fsp3) is 0.733. The van der Waals surface area contributed by atoms with Crippen molar-refractivity contribution in [1.82, 2.24) is 9.78 Å². The van der Waals surface area contributed by atoms with Crippen LogP contribution in [0.1, 0.15) is 59.4 Å². The van der Waals surface area contributed by atoms with Crippen molar-refractivity contribution in [1.29, 1.82) is 0 Å². The van der Waals surface area contributed by atoms with Crippen LogP contribution in [-0.2, 0) is 0 Å². The minimum atomic E-state index is -0.220. The van der Waals surface area contributed by atoms with E-state index in [1.165, 1.54) is 17.5 Å². The van der Waals surface area contributed by atoms with E-state index in [-0.39, 0.29) is 16.6 Å². The van der Waals surface area contributed by atoms with Crippen LogP contribution < -0.4 is 10.9 Å². The molecular weight excluding hydrogens is 274 g/mol. The van der Waals surface area contributed by atoms with Crippen LogP contribution in [0.2, 0.25) is 5.02 Å². The molecule has 1 fully saturated rings. The molecule has 0 radical (unpaired) electrons. The van der Waals surface area contributed by atoms with E-state index in [9.17, 15) is 4.79 Å². The van der Waals surface area contributed by atoms with Gasteiger partial charge in [-0.05, 0) is 44.9 Å². The number of rotatable bonds is 3. The molecule has 1 aromatic rings. The highest BCUT2D eigenvalue weighted by Gasteiger charge is 2.27. The Kier molecular flexibility index (Phi) is 4.43. The summed E-state index contributed by atoms with van der Waals surface area (Å²) in [4.78, 5) is 12.1. The molecule has 1 N–H and O–H groups in total. The Morgan fingerprint density at radius 2 is 2.00 bits per heavy atom. The van der Waals surface area contributed by atoms with Crippen LogP contribution in [0.4, 0.5) is 5.69 Å². The lowest BCUT2D eigenvalue weighted by molar-refractivity contribution is 0.232. The highest BCUT2D eigenvalue weighted by molar-refractivity contribution is 6.32. The topological polar surface area (TPSA) is 46.9 Å². The second kappa shape index (κ2) is 5.76. The number of anilines is 1. The molecule has 20 heavy (non-hydrogen) atoms. The van der Waals surface area contributed by atoms with Crippen LogP contribution in [0.5, 0.6) is 0 Å². The predicted octanol–water partition coefficient (Wildman–Crippen LogP) is 3.86. The van der Waals surface area contributed by atoms with Crippen LogP contribution in [-0.4, -0.2) is 15.8 Å². The third-order valence-corrected chi connectivity index (χ3v) is 4.50. The summed E-state index contributed by atoms with van der Waals surface area (Å²) < 4.78 is 1.41. The molecule has 0 atom stereocenters. The molecule has 0 aliphatic heterocycles. The number of halogens is 1. The summed E-state index contributed by atoms with van der Waals surface area (Å²) in [5, 5.41) is 7.82. The van der Waals surface area contributed by atoms with Crippen molar-refractivity contribution in [2.45, 2.75) is 65.5 Å². The summed E-state index contributed by atoms with van der Waals surface area (Å²) in [6.07, 6.45) is 6.27. The molecule has 0 unspecified atom stereocenters. The summed E-state index contributed by atoms with van der Waals surface area (Å²) in [7, 11) is 0. The summed E-state index contributed by atoms with van der Waals surface area (Å²) in [5.74, 6) is 0. The van der Waals surface area contributed by atoms with Gasteiger partial charge in [0.25, 0.3) is 5.56 Å². The van der Waals surface area contributed by atoms with Gasteiger partial charge in [0.1, 0.15) is 5.02 Å². The third-order valence-electron chi connectivity index (χ3n) is 4.13. The zero-order valence-corrected chi connectivity index (χ0v) is 13.5. The minimum absolute atomic E-state index is 0.0181. The molecule has 2 rings (SSSR count). The highest BCUT2D eigenvalue weighted by Crippen LogP contribution is 2.36. The van der Waals surface area contributed by atoms with Crippen molar-refractivity contribution < 1.29 is 0 Å². The van der Waals surface area contributed by atoms with Gasteiger partial charge in [0.2, 0.25) is 0 Å². The first-order valence-corrected chi connectivity index (χ1v) is 7.72. The van der Waals surface area contributed by atoms with Crippen LogP contribution >= 0.6 is 11.6 Å². The quantitative estimate of drug-likeness (QED) is 0.921.